The molecule has 0 amide bonds. The van der Waals surface area contributed by atoms with Crippen LogP contribution in [0.3, 0.4) is 0 Å². The minimum absolute atomic E-state index is 0.119. The van der Waals surface area contributed by atoms with E-state index in [0.29, 0.717) is 11.8 Å². The highest BCUT2D eigenvalue weighted by atomic mass is 16.4. The fourth-order valence-electron chi connectivity index (χ4n) is 5.39. The van der Waals surface area contributed by atoms with Gasteiger partial charge in [0.2, 0.25) is 0 Å². The summed E-state index contributed by atoms with van der Waals surface area (Å²) < 4.78 is 0. The summed E-state index contributed by atoms with van der Waals surface area (Å²) in [7, 11) is 0. The monoisotopic (exact) mass is 306 g/mol. The topological polar surface area (TPSA) is 43.4 Å². The first kappa shape index (κ1) is 13.4. The van der Waals surface area contributed by atoms with Gasteiger partial charge in [0.25, 0.3) is 0 Å². The van der Waals surface area contributed by atoms with Crippen molar-refractivity contribution < 1.29 is 9.90 Å². The lowest BCUT2D eigenvalue weighted by molar-refractivity contribution is -0.309. The van der Waals surface area contributed by atoms with Gasteiger partial charge < -0.3 is 14.8 Å². The molecule has 3 nitrogen and oxygen atoms in total. The number of carbonyl (C=O) groups excluding carboxylic acids is 1. The Morgan fingerprint density at radius 3 is 2.61 bits per heavy atom. The van der Waals surface area contributed by atoms with Crippen molar-refractivity contribution in [3.05, 3.63) is 53.1 Å². The first-order chi connectivity index (χ1) is 11.1. The number of hydrogen-bond acceptors (Lipinski definition) is 3. The molecule has 1 aromatic rings. The van der Waals surface area contributed by atoms with Gasteiger partial charge in [0.05, 0.1) is 12.0 Å². The maximum absolute atomic E-state index is 12.0. The van der Waals surface area contributed by atoms with Crippen molar-refractivity contribution in [3.8, 4) is 0 Å². The summed E-state index contributed by atoms with van der Waals surface area (Å²) in [6, 6.07) is 4.04. The van der Waals surface area contributed by atoms with E-state index in [9.17, 15) is 9.90 Å². The van der Waals surface area contributed by atoms with E-state index in [4.69, 9.17) is 0 Å². The van der Waals surface area contributed by atoms with E-state index in [0.717, 1.165) is 19.4 Å². The Hall–Kier alpha value is -2.03. The van der Waals surface area contributed by atoms with E-state index < -0.39 is 12.0 Å². The van der Waals surface area contributed by atoms with E-state index in [2.05, 4.69) is 48.3 Å². The van der Waals surface area contributed by atoms with Gasteiger partial charge in [-0.3, -0.25) is 0 Å². The maximum atomic E-state index is 12.0. The van der Waals surface area contributed by atoms with Crippen LogP contribution in [-0.4, -0.2) is 18.6 Å². The predicted molar refractivity (Wildman–Crippen MR) is 87.3 cm³/mol. The molecular formula is C20H20NO2-. The molecule has 2 aliphatic carbocycles. The summed E-state index contributed by atoms with van der Waals surface area (Å²) in [4.78, 5) is 14.1. The molecule has 0 spiro atoms. The molecule has 0 aromatic heterocycles. The number of anilines is 1. The molecule has 3 heteroatoms. The standard InChI is InChI=1S/C20H21NO2/c1-11-8-16-13-5-2-4-12(13)10-21-18(16)17(9-11)14-6-3-7-15(14)19(21)20(22)23/h2-3,5-6,8-9,12-15,19H,4,7,10H2,1H3,(H,22,23)/p-1/t12-,13-,14+,15-,19-/m0/s1. The Balaban J connectivity index is 1.78. The first-order valence-corrected chi connectivity index (χ1v) is 8.60. The Morgan fingerprint density at radius 1 is 1.13 bits per heavy atom. The van der Waals surface area contributed by atoms with Gasteiger partial charge in [-0.25, -0.2) is 0 Å². The normalized spacial score (nSPS) is 35.9. The summed E-state index contributed by atoms with van der Waals surface area (Å²) in [6.07, 6.45) is 10.8. The maximum Gasteiger partial charge on any atom is 0.0727 e. The van der Waals surface area contributed by atoms with Gasteiger partial charge in [0.15, 0.2) is 0 Å². The number of hydrogen-bond donors (Lipinski definition) is 0. The number of allylic oxidation sites excluding steroid dienone is 4. The Bertz CT molecular complexity index is 746. The number of benzene rings is 1. The highest BCUT2D eigenvalue weighted by Gasteiger charge is 2.47. The molecule has 1 aromatic carbocycles. The van der Waals surface area contributed by atoms with E-state index >= 15 is 0 Å². The smallest absolute Gasteiger partial charge is 0.0727 e. The summed E-state index contributed by atoms with van der Waals surface area (Å²) in [5, 5.41) is 12.0. The molecule has 0 fully saturated rings. The van der Waals surface area contributed by atoms with Gasteiger partial charge in [0, 0.05) is 24.1 Å². The van der Waals surface area contributed by atoms with E-state index in [-0.39, 0.29) is 11.8 Å². The average molecular weight is 306 g/mol. The van der Waals surface area contributed by atoms with Crippen molar-refractivity contribution in [1.82, 2.24) is 0 Å². The zero-order valence-electron chi connectivity index (χ0n) is 13.2. The average Bonchev–Trinajstić information content (AvgIpc) is 3.15. The second-order valence-corrected chi connectivity index (χ2v) is 7.51. The minimum Gasteiger partial charge on any atom is -0.548 e. The molecule has 118 valence electrons. The fourth-order valence-corrected chi connectivity index (χ4v) is 5.39. The molecule has 0 saturated carbocycles. The van der Waals surface area contributed by atoms with E-state index in [1.54, 1.807) is 0 Å². The molecule has 5 rings (SSSR count). The molecule has 0 bridgehead atoms. The van der Waals surface area contributed by atoms with Gasteiger partial charge in [-0.2, -0.15) is 0 Å². The molecule has 0 unspecified atom stereocenters. The summed E-state index contributed by atoms with van der Waals surface area (Å²) >= 11 is 0. The highest BCUT2D eigenvalue weighted by Crippen LogP contribution is 2.55. The molecule has 5 atom stereocenters. The minimum atomic E-state index is -0.912. The lowest BCUT2D eigenvalue weighted by atomic mass is 9.71. The zero-order chi connectivity index (χ0) is 15.7. The largest absolute Gasteiger partial charge is 0.548 e. The van der Waals surface area contributed by atoms with Crippen LogP contribution in [0.15, 0.2) is 36.4 Å². The molecule has 2 aliphatic heterocycles. The Kier molecular flexibility index (Phi) is 2.62. The van der Waals surface area contributed by atoms with Crippen molar-refractivity contribution in [3.63, 3.8) is 0 Å². The molecule has 0 radical (unpaired) electrons. The lowest BCUT2D eigenvalue weighted by Gasteiger charge is -2.51. The number of carboxylic acid groups (broad SMARTS) is 1. The number of carbonyl (C=O) groups is 1. The number of aliphatic carboxylic acids is 1. The van der Waals surface area contributed by atoms with Crippen molar-refractivity contribution in [2.75, 3.05) is 11.4 Å². The second-order valence-electron chi connectivity index (χ2n) is 7.51. The third-order valence-corrected chi connectivity index (χ3v) is 6.24. The fraction of sp³-hybridized carbons (Fsp3) is 0.450. The second kappa shape index (κ2) is 4.50. The number of carboxylic acids is 1. The van der Waals surface area contributed by atoms with Crippen LogP contribution in [-0.2, 0) is 4.79 Å². The summed E-state index contributed by atoms with van der Waals surface area (Å²) in [5.41, 5.74) is 5.13. The third kappa shape index (κ3) is 1.68. The summed E-state index contributed by atoms with van der Waals surface area (Å²) in [5.74, 6) is 0.386. The predicted octanol–water partition coefficient (Wildman–Crippen LogP) is 2.27. The number of aryl methyl sites for hydroxylation is 1. The molecule has 0 saturated heterocycles. The molecular weight excluding hydrogens is 286 g/mol. The molecule has 2 heterocycles. The van der Waals surface area contributed by atoms with Gasteiger partial charge in [-0.1, -0.05) is 42.0 Å². The van der Waals surface area contributed by atoms with E-state index in [1.165, 1.54) is 22.4 Å². The molecule has 0 N–H and O–H groups in total. The number of nitrogens with zero attached hydrogens (tertiary/aromatic N) is 1. The first-order valence-electron chi connectivity index (χ1n) is 8.60. The van der Waals surface area contributed by atoms with Crippen molar-refractivity contribution in [1.29, 1.82) is 0 Å². The van der Waals surface area contributed by atoms with Gasteiger partial charge >= 0.3 is 0 Å². The zero-order valence-corrected chi connectivity index (χ0v) is 13.2. The van der Waals surface area contributed by atoms with Crippen LogP contribution in [0.25, 0.3) is 0 Å². The molecule has 23 heavy (non-hydrogen) atoms. The number of rotatable bonds is 1. The lowest BCUT2D eigenvalue weighted by Crippen LogP contribution is -2.58. The van der Waals surface area contributed by atoms with Crippen molar-refractivity contribution in [2.45, 2.75) is 37.6 Å². The van der Waals surface area contributed by atoms with Crippen LogP contribution < -0.4 is 10.0 Å². The molecule has 4 aliphatic rings. The van der Waals surface area contributed by atoms with Crippen LogP contribution in [0.2, 0.25) is 0 Å². The van der Waals surface area contributed by atoms with Gasteiger partial charge in [-0.15, -0.1) is 0 Å². The Morgan fingerprint density at radius 2 is 1.83 bits per heavy atom. The van der Waals surface area contributed by atoms with E-state index in [1.807, 2.05) is 0 Å². The SMILES string of the molecule is Cc1cc2c3c(c1)[C@@H]1C=CC[C@@H]1[C@@H](C(=O)[O-])N3C[C@@H]1CC=C[C@H]21. The highest BCUT2D eigenvalue weighted by molar-refractivity contribution is 5.82. The van der Waals surface area contributed by atoms with Crippen LogP contribution >= 0.6 is 0 Å². The number of fused-ring (bicyclic) bond motifs is 4. The van der Waals surface area contributed by atoms with Crippen LogP contribution in [0, 0.1) is 18.8 Å². The third-order valence-electron chi connectivity index (χ3n) is 6.24. The van der Waals surface area contributed by atoms with Crippen LogP contribution in [0.5, 0.6) is 0 Å². The van der Waals surface area contributed by atoms with Crippen LogP contribution in [0.1, 0.15) is 41.4 Å². The van der Waals surface area contributed by atoms with Crippen molar-refractivity contribution >= 4 is 11.7 Å². The summed E-state index contributed by atoms with van der Waals surface area (Å²) in [6.45, 7) is 2.99. The quantitative estimate of drug-likeness (QED) is 0.748. The van der Waals surface area contributed by atoms with Crippen molar-refractivity contribution in [2.24, 2.45) is 11.8 Å². The Labute approximate surface area is 136 Å². The van der Waals surface area contributed by atoms with Gasteiger partial charge in [0.1, 0.15) is 0 Å². The van der Waals surface area contributed by atoms with Gasteiger partial charge in [-0.05, 0) is 42.7 Å². The van der Waals surface area contributed by atoms with Crippen LogP contribution in [0.4, 0.5) is 5.69 Å².